The van der Waals surface area contributed by atoms with Crippen molar-refractivity contribution in [3.63, 3.8) is 0 Å². The van der Waals surface area contributed by atoms with Crippen molar-refractivity contribution < 1.29 is 39.2 Å². The fourth-order valence-corrected chi connectivity index (χ4v) is 5.68. The number of halogens is 1. The molecule has 5 N–H and O–H groups in total. The minimum atomic E-state index is -4.99. The summed E-state index contributed by atoms with van der Waals surface area (Å²) in [4.78, 5) is 10.4. The van der Waals surface area contributed by atoms with Crippen molar-refractivity contribution in [3.05, 3.63) is 47.5 Å². The lowest BCUT2D eigenvalue weighted by molar-refractivity contribution is 0.102. The maximum absolute atomic E-state index is 12.4. The van der Waals surface area contributed by atoms with Crippen molar-refractivity contribution in [3.8, 4) is 0 Å². The van der Waals surface area contributed by atoms with Crippen LogP contribution in [0.5, 0.6) is 0 Å². The van der Waals surface area contributed by atoms with E-state index >= 15 is 0 Å². The summed E-state index contributed by atoms with van der Waals surface area (Å²) in [6.45, 7) is 0. The van der Waals surface area contributed by atoms with Gasteiger partial charge in [0.25, 0.3) is 26.1 Å². The Morgan fingerprint density at radius 1 is 0.935 bits per heavy atom. The van der Waals surface area contributed by atoms with Crippen molar-refractivity contribution in [2.75, 3.05) is 22.7 Å². The van der Waals surface area contributed by atoms with Gasteiger partial charge in [0.2, 0.25) is 0 Å². The van der Waals surface area contributed by atoms with Gasteiger partial charge >= 0.3 is 0 Å². The van der Waals surface area contributed by atoms with Crippen LogP contribution in [0, 0.1) is 0 Å². The summed E-state index contributed by atoms with van der Waals surface area (Å²) in [5.41, 5.74) is 4.51. The van der Waals surface area contributed by atoms with Gasteiger partial charge in [0.05, 0.1) is 17.2 Å². The second-order valence-electron chi connectivity index (χ2n) is 6.27. The molecule has 170 valence electrons. The molecule has 11 nitrogen and oxygen atoms in total. The van der Waals surface area contributed by atoms with Gasteiger partial charge in [-0.1, -0.05) is 12.1 Å². The number of nitrogens with one attached hydrogen (secondary N) is 1. The normalized spacial score (nSPS) is 12.5. The second-order valence-corrected chi connectivity index (χ2v) is 11.6. The van der Waals surface area contributed by atoms with Gasteiger partial charge in [-0.3, -0.25) is 13.9 Å². The Labute approximate surface area is 183 Å². The predicted molar refractivity (Wildman–Crippen MR) is 113 cm³/mol. The fraction of sp³-hybridized carbons (Fsp3) is 0.188. The number of rotatable bonds is 8. The summed E-state index contributed by atoms with van der Waals surface area (Å²) in [5, 5.41) is 2.22. The van der Waals surface area contributed by atoms with Crippen LogP contribution in [-0.2, 0) is 35.8 Å². The molecule has 0 atom stereocenters. The zero-order valence-corrected chi connectivity index (χ0v) is 18.7. The molecule has 0 aromatic heterocycles. The van der Waals surface area contributed by atoms with E-state index in [0.717, 1.165) is 0 Å². The Morgan fingerprint density at radius 2 is 1.42 bits per heavy atom. The summed E-state index contributed by atoms with van der Waals surface area (Å²) < 4.78 is 88.0. The Morgan fingerprint density at radius 3 is 1.84 bits per heavy atom. The van der Waals surface area contributed by atoms with Crippen LogP contribution >= 0.6 is 11.6 Å². The van der Waals surface area contributed by atoms with Crippen LogP contribution in [0.15, 0.2) is 46.2 Å². The molecule has 0 saturated carbocycles. The maximum Gasteiger partial charge on any atom is 0.296 e. The summed E-state index contributed by atoms with van der Waals surface area (Å²) in [5.74, 6) is -1.36. The number of hydrogen-bond acceptors (Lipinski definition) is 8. The highest BCUT2D eigenvalue weighted by molar-refractivity contribution is 7.90. The van der Waals surface area contributed by atoms with Gasteiger partial charge in [0, 0.05) is 17.1 Å². The highest BCUT2D eigenvalue weighted by atomic mass is 35.5. The molecule has 0 fully saturated rings. The number of carbonyl (C=O) groups is 1. The Bertz CT molecular complexity index is 1270. The maximum atomic E-state index is 12.4. The molecular weight excluding hydrogens is 496 g/mol. The number of benzene rings is 2. The Balaban J connectivity index is 2.35. The number of sulfone groups is 1. The molecule has 0 unspecified atom stereocenters. The van der Waals surface area contributed by atoms with E-state index in [9.17, 15) is 39.2 Å². The lowest BCUT2D eigenvalue weighted by Crippen LogP contribution is -2.15. The third-order valence-corrected chi connectivity index (χ3v) is 7.71. The molecule has 15 heteroatoms. The molecule has 0 radical (unpaired) electrons. The average molecular weight is 513 g/mol. The first kappa shape index (κ1) is 25.0. The van der Waals surface area contributed by atoms with Crippen molar-refractivity contribution in [2.24, 2.45) is 0 Å². The monoisotopic (exact) mass is 512 g/mol. The van der Waals surface area contributed by atoms with E-state index in [1.54, 1.807) is 0 Å². The first-order chi connectivity index (χ1) is 14.1. The minimum Gasteiger partial charge on any atom is -0.396 e. The molecule has 0 saturated heterocycles. The molecule has 1 amide bonds. The van der Waals surface area contributed by atoms with Crippen LogP contribution in [0.3, 0.4) is 0 Å². The van der Waals surface area contributed by atoms with Crippen LogP contribution in [0.2, 0.25) is 0 Å². The largest absolute Gasteiger partial charge is 0.396 e. The van der Waals surface area contributed by atoms with Crippen molar-refractivity contribution in [1.29, 1.82) is 0 Å². The van der Waals surface area contributed by atoms with Gasteiger partial charge in [-0.15, -0.1) is 11.6 Å². The Hall–Kier alpha value is -2.23. The fourth-order valence-electron chi connectivity index (χ4n) is 2.50. The number of amides is 1. The Kier molecular flexibility index (Phi) is 7.35. The van der Waals surface area contributed by atoms with Crippen molar-refractivity contribution in [2.45, 2.75) is 15.5 Å². The zero-order valence-electron chi connectivity index (χ0n) is 15.5. The van der Waals surface area contributed by atoms with E-state index < -0.39 is 57.1 Å². The summed E-state index contributed by atoms with van der Waals surface area (Å²) in [6.07, 6.45) is 0. The highest BCUT2D eigenvalue weighted by Crippen LogP contribution is 2.30. The molecule has 0 bridgehead atoms. The van der Waals surface area contributed by atoms with E-state index in [1.807, 2.05) is 0 Å². The van der Waals surface area contributed by atoms with Gasteiger partial charge in [-0.25, -0.2) is 8.42 Å². The van der Waals surface area contributed by atoms with Crippen LogP contribution in [0.25, 0.3) is 0 Å². The number of alkyl halides is 1. The SMILES string of the molecule is Nc1c(S(=O)(=O)O)cc(NC(=O)c2ccc(CS(=O)(=O)CCCl)cc2)cc1S(=O)(=O)O. The van der Waals surface area contributed by atoms with E-state index in [1.165, 1.54) is 24.3 Å². The number of anilines is 2. The van der Waals surface area contributed by atoms with Crippen LogP contribution in [0.1, 0.15) is 15.9 Å². The van der Waals surface area contributed by atoms with Gasteiger partial charge in [0.15, 0.2) is 9.84 Å². The average Bonchev–Trinajstić information content (AvgIpc) is 2.61. The lowest BCUT2D eigenvalue weighted by atomic mass is 10.1. The molecule has 0 aliphatic carbocycles. The summed E-state index contributed by atoms with van der Waals surface area (Å²) in [6, 6.07) is 6.79. The lowest BCUT2D eigenvalue weighted by Gasteiger charge is -2.12. The van der Waals surface area contributed by atoms with Crippen LogP contribution in [-0.4, -0.2) is 51.9 Å². The molecule has 0 heterocycles. The molecule has 0 aliphatic heterocycles. The van der Waals surface area contributed by atoms with E-state index in [4.69, 9.17) is 17.3 Å². The smallest absolute Gasteiger partial charge is 0.296 e. The zero-order chi connectivity index (χ0) is 23.6. The van der Waals surface area contributed by atoms with E-state index in [-0.39, 0.29) is 22.9 Å². The van der Waals surface area contributed by atoms with Crippen LogP contribution in [0.4, 0.5) is 11.4 Å². The second kappa shape index (κ2) is 9.10. The molecule has 2 aromatic carbocycles. The summed E-state index contributed by atoms with van der Waals surface area (Å²) >= 11 is 5.44. The third-order valence-electron chi connectivity index (χ3n) is 3.91. The molecular formula is C16H17ClN2O9S3. The van der Waals surface area contributed by atoms with E-state index in [0.29, 0.717) is 17.7 Å². The van der Waals surface area contributed by atoms with Gasteiger partial charge in [-0.05, 0) is 29.8 Å². The number of nitrogens with two attached hydrogens (primary N) is 1. The first-order valence-electron chi connectivity index (χ1n) is 8.19. The molecule has 31 heavy (non-hydrogen) atoms. The third kappa shape index (κ3) is 6.62. The van der Waals surface area contributed by atoms with Gasteiger partial charge < -0.3 is 11.1 Å². The van der Waals surface area contributed by atoms with Crippen molar-refractivity contribution in [1.82, 2.24) is 0 Å². The first-order valence-corrected chi connectivity index (χ1v) is 13.4. The topological polar surface area (TPSA) is 198 Å². The number of carbonyl (C=O) groups excluding carboxylic acids is 1. The molecule has 0 aliphatic rings. The minimum absolute atomic E-state index is 0.0251. The van der Waals surface area contributed by atoms with Crippen LogP contribution < -0.4 is 11.1 Å². The standard InChI is InChI=1S/C16H17ClN2O9S3/c17-5-6-29(21,22)9-10-1-3-11(4-2-10)16(20)19-12-7-13(30(23,24)25)15(18)14(8-12)31(26,27)28/h1-4,7-8H,5-6,9,18H2,(H,19,20)(H,23,24,25)(H,26,27,28). The highest BCUT2D eigenvalue weighted by Gasteiger charge is 2.25. The number of hydrogen-bond donors (Lipinski definition) is 4. The van der Waals surface area contributed by atoms with Gasteiger partial charge in [-0.2, -0.15) is 16.8 Å². The summed E-state index contributed by atoms with van der Waals surface area (Å²) in [7, 11) is -13.4. The van der Waals surface area contributed by atoms with Gasteiger partial charge in [0.1, 0.15) is 9.79 Å². The molecule has 0 spiro atoms. The molecule has 2 rings (SSSR count). The number of nitrogen functional groups attached to an aromatic ring is 1. The van der Waals surface area contributed by atoms with Crippen molar-refractivity contribution >= 4 is 59.0 Å². The van der Waals surface area contributed by atoms with E-state index in [2.05, 4.69) is 5.32 Å². The molecule has 2 aromatic rings. The quantitative estimate of drug-likeness (QED) is 0.226. The predicted octanol–water partition coefficient (Wildman–Crippen LogP) is 1.17.